The molecule has 12 heavy (non-hydrogen) atoms. The summed E-state index contributed by atoms with van der Waals surface area (Å²) in [5, 5.41) is 0. The highest BCUT2D eigenvalue weighted by atomic mass is 19.1. The van der Waals surface area contributed by atoms with Gasteiger partial charge in [0.05, 0.1) is 12.4 Å². The number of nitrogens with zero attached hydrogens (tertiary/aromatic N) is 1. The molecular weight excluding hydrogens is 159 g/mol. The summed E-state index contributed by atoms with van der Waals surface area (Å²) in [7, 11) is 0. The lowest BCUT2D eigenvalue weighted by Gasteiger charge is -2.11. The van der Waals surface area contributed by atoms with Crippen LogP contribution in [0.5, 0.6) is 5.75 Å². The van der Waals surface area contributed by atoms with Gasteiger partial charge >= 0.3 is 0 Å². The largest absolute Gasteiger partial charge is 0.488 e. The minimum Gasteiger partial charge on any atom is -0.488 e. The van der Waals surface area contributed by atoms with Crippen LogP contribution in [-0.2, 0) is 0 Å². The van der Waals surface area contributed by atoms with E-state index in [0.717, 1.165) is 6.20 Å². The molecule has 3 nitrogen and oxygen atoms in total. The normalized spacial score (nSPS) is 12.6. The summed E-state index contributed by atoms with van der Waals surface area (Å²) >= 11 is 0. The molecule has 0 fully saturated rings. The lowest BCUT2D eigenvalue weighted by Crippen LogP contribution is -2.22. The van der Waals surface area contributed by atoms with Crippen LogP contribution in [0.15, 0.2) is 18.5 Å². The van der Waals surface area contributed by atoms with Gasteiger partial charge in [0.25, 0.3) is 0 Å². The van der Waals surface area contributed by atoms with Crippen LogP contribution in [0.1, 0.15) is 6.92 Å². The Labute approximate surface area is 70.4 Å². The zero-order valence-electron chi connectivity index (χ0n) is 6.83. The van der Waals surface area contributed by atoms with Crippen LogP contribution < -0.4 is 10.5 Å². The maximum atomic E-state index is 12.5. The van der Waals surface area contributed by atoms with Crippen molar-refractivity contribution < 1.29 is 9.13 Å². The molecule has 4 heteroatoms. The van der Waals surface area contributed by atoms with Gasteiger partial charge in [-0.15, -0.1) is 0 Å². The van der Waals surface area contributed by atoms with Crippen LogP contribution in [-0.4, -0.2) is 17.6 Å². The fourth-order valence-corrected chi connectivity index (χ4v) is 0.737. The third-order valence-electron chi connectivity index (χ3n) is 1.35. The Morgan fingerprint density at radius 1 is 1.67 bits per heavy atom. The van der Waals surface area contributed by atoms with E-state index < -0.39 is 5.82 Å². The van der Waals surface area contributed by atoms with Crippen LogP contribution in [0, 0.1) is 5.82 Å². The van der Waals surface area contributed by atoms with Crippen molar-refractivity contribution in [1.82, 2.24) is 4.98 Å². The summed E-state index contributed by atoms with van der Waals surface area (Å²) in [4.78, 5) is 3.63. The third-order valence-corrected chi connectivity index (χ3v) is 1.35. The smallest absolute Gasteiger partial charge is 0.145 e. The molecule has 0 aliphatic heterocycles. The fourth-order valence-electron chi connectivity index (χ4n) is 0.737. The van der Waals surface area contributed by atoms with Crippen molar-refractivity contribution in [3.63, 3.8) is 0 Å². The molecule has 0 saturated heterocycles. The molecule has 1 atom stereocenters. The number of aromatic nitrogens is 1. The molecule has 0 saturated carbocycles. The number of pyridine rings is 1. The average Bonchev–Trinajstić information content (AvgIpc) is 2.04. The van der Waals surface area contributed by atoms with Crippen molar-refractivity contribution in [1.29, 1.82) is 0 Å². The Bertz CT molecular complexity index is 255. The first-order chi connectivity index (χ1) is 5.72. The quantitative estimate of drug-likeness (QED) is 0.734. The third kappa shape index (κ3) is 2.47. The Balaban J connectivity index is 2.63. The summed E-state index contributed by atoms with van der Waals surface area (Å²) in [6, 6.07) is 1.28. The van der Waals surface area contributed by atoms with Crippen molar-refractivity contribution in [3.05, 3.63) is 24.3 Å². The first-order valence-corrected chi connectivity index (χ1v) is 3.69. The van der Waals surface area contributed by atoms with E-state index in [9.17, 15) is 4.39 Å². The summed E-state index contributed by atoms with van der Waals surface area (Å²) in [6.45, 7) is 2.21. The van der Waals surface area contributed by atoms with Crippen molar-refractivity contribution in [2.75, 3.05) is 6.54 Å². The molecule has 1 unspecified atom stereocenters. The zero-order valence-corrected chi connectivity index (χ0v) is 6.83. The van der Waals surface area contributed by atoms with E-state index in [1.54, 1.807) is 0 Å². The summed E-state index contributed by atoms with van der Waals surface area (Å²) < 4.78 is 17.8. The van der Waals surface area contributed by atoms with E-state index in [1.165, 1.54) is 12.3 Å². The van der Waals surface area contributed by atoms with Crippen LogP contribution in [0.4, 0.5) is 4.39 Å². The van der Waals surface area contributed by atoms with Crippen LogP contribution in [0.3, 0.4) is 0 Å². The van der Waals surface area contributed by atoms with Gasteiger partial charge in [0.2, 0.25) is 0 Å². The molecule has 1 aromatic heterocycles. The number of ether oxygens (including phenoxy) is 1. The molecule has 66 valence electrons. The van der Waals surface area contributed by atoms with Gasteiger partial charge in [-0.05, 0) is 6.92 Å². The number of hydrogen-bond donors (Lipinski definition) is 1. The molecule has 1 rings (SSSR count). The highest BCUT2D eigenvalue weighted by Crippen LogP contribution is 2.11. The number of hydrogen-bond acceptors (Lipinski definition) is 3. The first-order valence-electron chi connectivity index (χ1n) is 3.69. The van der Waals surface area contributed by atoms with E-state index >= 15 is 0 Å². The van der Waals surface area contributed by atoms with Gasteiger partial charge in [0.15, 0.2) is 0 Å². The van der Waals surface area contributed by atoms with Crippen LogP contribution >= 0.6 is 0 Å². The SMILES string of the molecule is CC(CN)Oc1cncc(F)c1. The lowest BCUT2D eigenvalue weighted by atomic mass is 10.4. The zero-order chi connectivity index (χ0) is 8.97. The van der Waals surface area contributed by atoms with Gasteiger partial charge in [0.1, 0.15) is 17.7 Å². The Kier molecular flexibility index (Phi) is 2.99. The van der Waals surface area contributed by atoms with E-state index in [1.807, 2.05) is 6.92 Å². The Morgan fingerprint density at radius 2 is 2.42 bits per heavy atom. The molecule has 1 aromatic rings. The predicted molar refractivity (Wildman–Crippen MR) is 43.3 cm³/mol. The fraction of sp³-hybridized carbons (Fsp3) is 0.375. The highest BCUT2D eigenvalue weighted by Gasteiger charge is 2.01. The summed E-state index contributed by atoms with van der Waals surface area (Å²) in [5.74, 6) is 0.00433. The van der Waals surface area contributed by atoms with Crippen LogP contribution in [0.2, 0.25) is 0 Å². The molecule has 0 aromatic carbocycles. The van der Waals surface area contributed by atoms with Gasteiger partial charge in [-0.1, -0.05) is 0 Å². The molecule has 0 aliphatic rings. The Hall–Kier alpha value is -1.16. The second-order valence-electron chi connectivity index (χ2n) is 2.50. The molecule has 0 radical (unpaired) electrons. The lowest BCUT2D eigenvalue weighted by molar-refractivity contribution is 0.228. The standard InChI is InChI=1S/C8H11FN2O/c1-6(3-10)12-8-2-7(9)4-11-5-8/h2,4-6H,3,10H2,1H3. The van der Waals surface area contributed by atoms with Gasteiger partial charge in [-0.2, -0.15) is 0 Å². The van der Waals surface area contributed by atoms with Crippen molar-refractivity contribution in [2.45, 2.75) is 13.0 Å². The Morgan fingerprint density at radius 3 is 3.00 bits per heavy atom. The maximum absolute atomic E-state index is 12.5. The van der Waals surface area contributed by atoms with Gasteiger partial charge in [-0.25, -0.2) is 4.39 Å². The first kappa shape index (κ1) is 8.93. The van der Waals surface area contributed by atoms with Gasteiger partial charge in [0, 0.05) is 12.6 Å². The van der Waals surface area contributed by atoms with E-state index in [0.29, 0.717) is 12.3 Å². The summed E-state index contributed by atoms with van der Waals surface area (Å²) in [6.07, 6.45) is 2.46. The minimum absolute atomic E-state index is 0.117. The van der Waals surface area contributed by atoms with Gasteiger partial charge < -0.3 is 10.5 Å². The minimum atomic E-state index is -0.406. The van der Waals surface area contributed by atoms with E-state index in [4.69, 9.17) is 10.5 Å². The molecule has 0 spiro atoms. The maximum Gasteiger partial charge on any atom is 0.145 e. The molecule has 0 bridgehead atoms. The molecular formula is C8H11FN2O. The van der Waals surface area contributed by atoms with E-state index in [2.05, 4.69) is 4.98 Å². The number of halogens is 1. The second-order valence-corrected chi connectivity index (χ2v) is 2.50. The second kappa shape index (κ2) is 4.01. The number of nitrogens with two attached hydrogens (primary N) is 1. The average molecular weight is 170 g/mol. The van der Waals surface area contributed by atoms with E-state index in [-0.39, 0.29) is 6.10 Å². The predicted octanol–water partition coefficient (Wildman–Crippen LogP) is 0.947. The summed E-state index contributed by atoms with van der Waals surface area (Å²) in [5.41, 5.74) is 5.32. The van der Waals surface area contributed by atoms with Crippen LogP contribution in [0.25, 0.3) is 0 Å². The monoisotopic (exact) mass is 170 g/mol. The van der Waals surface area contributed by atoms with Crippen molar-refractivity contribution in [2.24, 2.45) is 5.73 Å². The van der Waals surface area contributed by atoms with Gasteiger partial charge in [-0.3, -0.25) is 4.98 Å². The highest BCUT2D eigenvalue weighted by molar-refractivity contribution is 5.17. The molecule has 0 aliphatic carbocycles. The van der Waals surface area contributed by atoms with Crippen molar-refractivity contribution >= 4 is 0 Å². The van der Waals surface area contributed by atoms with Crippen molar-refractivity contribution in [3.8, 4) is 5.75 Å². The molecule has 2 N–H and O–H groups in total. The topological polar surface area (TPSA) is 48.1 Å². The molecule has 0 amide bonds. The number of rotatable bonds is 3. The molecule has 1 heterocycles.